The third kappa shape index (κ3) is 3.80. The summed E-state index contributed by atoms with van der Waals surface area (Å²) in [5, 5.41) is 12.4. The van der Waals surface area contributed by atoms with Crippen molar-refractivity contribution in [2.24, 2.45) is 0 Å². The van der Waals surface area contributed by atoms with Crippen molar-refractivity contribution in [2.45, 2.75) is 10.1 Å². The molecule has 0 saturated carbocycles. The molecule has 25 heavy (non-hydrogen) atoms. The predicted octanol–water partition coefficient (Wildman–Crippen LogP) is 4.31. The molecule has 1 N–H and O–H groups in total. The maximum Gasteiger partial charge on any atom is 0.231 e. The van der Waals surface area contributed by atoms with E-state index in [1.165, 1.54) is 11.3 Å². The first-order chi connectivity index (χ1) is 12.3. The highest BCUT2D eigenvalue weighted by Gasteiger charge is 2.13. The number of methoxy groups -OCH3 is 1. The summed E-state index contributed by atoms with van der Waals surface area (Å²) in [6.45, 7) is 0.294. The fourth-order valence-electron chi connectivity index (χ4n) is 2.29. The van der Waals surface area contributed by atoms with E-state index in [9.17, 15) is 0 Å². The second kappa shape index (κ2) is 7.20. The largest absolute Gasteiger partial charge is 0.497 e. The first kappa shape index (κ1) is 16.0. The summed E-state index contributed by atoms with van der Waals surface area (Å²) < 4.78 is 16.8. The number of rotatable bonds is 6. The van der Waals surface area contributed by atoms with Gasteiger partial charge in [-0.1, -0.05) is 29.2 Å². The van der Waals surface area contributed by atoms with E-state index in [1.807, 2.05) is 42.5 Å². The number of thioether (sulfide) groups is 1. The molecule has 4 rings (SSSR count). The molecule has 0 saturated heterocycles. The average molecular weight is 373 g/mol. The zero-order chi connectivity index (χ0) is 17.1. The van der Waals surface area contributed by atoms with Crippen LogP contribution >= 0.6 is 23.1 Å². The number of hydrogen-bond donors (Lipinski definition) is 1. The van der Waals surface area contributed by atoms with Gasteiger partial charge in [0.25, 0.3) is 0 Å². The molecule has 0 atom stereocenters. The van der Waals surface area contributed by atoms with Crippen LogP contribution in [0.1, 0.15) is 5.56 Å². The van der Waals surface area contributed by atoms with E-state index >= 15 is 0 Å². The Bertz CT molecular complexity index is 868. The summed E-state index contributed by atoms with van der Waals surface area (Å²) in [5.74, 6) is 3.23. The fourth-order valence-corrected chi connectivity index (χ4v) is 4.01. The minimum Gasteiger partial charge on any atom is -0.497 e. The molecule has 6 nitrogen and oxygen atoms in total. The molecular formula is C17H15N3O3S2. The number of nitrogens with zero attached hydrogens (tertiary/aromatic N) is 2. The van der Waals surface area contributed by atoms with Gasteiger partial charge in [0.1, 0.15) is 5.75 Å². The molecule has 0 radical (unpaired) electrons. The van der Waals surface area contributed by atoms with Crippen LogP contribution in [0.3, 0.4) is 0 Å². The van der Waals surface area contributed by atoms with Crippen molar-refractivity contribution in [2.75, 3.05) is 19.2 Å². The van der Waals surface area contributed by atoms with Crippen LogP contribution < -0.4 is 19.5 Å². The maximum atomic E-state index is 5.40. The smallest absolute Gasteiger partial charge is 0.231 e. The Morgan fingerprint density at radius 1 is 1.12 bits per heavy atom. The normalized spacial score (nSPS) is 12.2. The molecular weight excluding hydrogens is 358 g/mol. The van der Waals surface area contributed by atoms with Crippen LogP contribution in [0.4, 0.5) is 10.8 Å². The van der Waals surface area contributed by atoms with E-state index in [0.717, 1.165) is 43.7 Å². The lowest BCUT2D eigenvalue weighted by Crippen LogP contribution is -1.92. The number of anilines is 2. The molecule has 2 aromatic carbocycles. The monoisotopic (exact) mass is 373 g/mol. The molecule has 0 aliphatic carbocycles. The van der Waals surface area contributed by atoms with Gasteiger partial charge in [-0.15, -0.1) is 10.2 Å². The lowest BCUT2D eigenvalue weighted by atomic mass is 10.2. The van der Waals surface area contributed by atoms with Crippen molar-refractivity contribution < 1.29 is 14.2 Å². The maximum absolute atomic E-state index is 5.40. The molecule has 3 aromatic rings. The molecule has 1 aromatic heterocycles. The zero-order valence-electron chi connectivity index (χ0n) is 13.4. The number of hydrogen-bond acceptors (Lipinski definition) is 8. The highest BCUT2D eigenvalue weighted by atomic mass is 32.2. The van der Waals surface area contributed by atoms with E-state index in [4.69, 9.17) is 14.2 Å². The molecule has 0 amide bonds. The van der Waals surface area contributed by atoms with Crippen molar-refractivity contribution in [3.63, 3.8) is 0 Å². The van der Waals surface area contributed by atoms with Gasteiger partial charge in [0, 0.05) is 11.4 Å². The van der Waals surface area contributed by atoms with Crippen molar-refractivity contribution in [1.82, 2.24) is 10.2 Å². The second-order valence-electron chi connectivity index (χ2n) is 5.20. The van der Waals surface area contributed by atoms with Gasteiger partial charge >= 0.3 is 0 Å². The fraction of sp³-hybridized carbons (Fsp3) is 0.176. The second-order valence-corrected chi connectivity index (χ2v) is 7.40. The van der Waals surface area contributed by atoms with Gasteiger partial charge in [-0.2, -0.15) is 0 Å². The van der Waals surface area contributed by atoms with Gasteiger partial charge in [-0.3, -0.25) is 0 Å². The first-order valence-corrected chi connectivity index (χ1v) is 9.36. The van der Waals surface area contributed by atoms with E-state index in [0.29, 0.717) is 6.79 Å². The predicted molar refractivity (Wildman–Crippen MR) is 98.3 cm³/mol. The van der Waals surface area contributed by atoms with Gasteiger partial charge in [-0.05, 0) is 42.0 Å². The van der Waals surface area contributed by atoms with Gasteiger partial charge < -0.3 is 19.5 Å². The van der Waals surface area contributed by atoms with Crippen LogP contribution in [0.25, 0.3) is 0 Å². The molecule has 2 heterocycles. The zero-order valence-corrected chi connectivity index (χ0v) is 15.0. The van der Waals surface area contributed by atoms with Crippen LogP contribution in [-0.2, 0) is 5.75 Å². The Morgan fingerprint density at radius 2 is 1.96 bits per heavy atom. The van der Waals surface area contributed by atoms with Crippen LogP contribution in [-0.4, -0.2) is 24.1 Å². The number of ether oxygens (including phenoxy) is 3. The van der Waals surface area contributed by atoms with Gasteiger partial charge in [0.2, 0.25) is 11.9 Å². The van der Waals surface area contributed by atoms with Crippen molar-refractivity contribution in [1.29, 1.82) is 0 Å². The standard InChI is InChI=1S/C17H15N3O3S2/c1-21-13-5-3-12(4-6-13)18-16-19-20-17(25-16)24-9-11-2-7-14-15(8-11)23-10-22-14/h2-8H,9-10H2,1H3,(H,18,19). The van der Waals surface area contributed by atoms with Gasteiger partial charge in [0.15, 0.2) is 15.8 Å². The van der Waals surface area contributed by atoms with Crippen molar-refractivity contribution in [3.8, 4) is 17.2 Å². The summed E-state index contributed by atoms with van der Waals surface area (Å²) in [5.41, 5.74) is 2.11. The van der Waals surface area contributed by atoms with Gasteiger partial charge in [-0.25, -0.2) is 0 Å². The summed E-state index contributed by atoms with van der Waals surface area (Å²) in [6.07, 6.45) is 0. The Balaban J connectivity index is 1.36. The van der Waals surface area contributed by atoms with Crippen LogP contribution in [0.15, 0.2) is 46.8 Å². The lowest BCUT2D eigenvalue weighted by Gasteiger charge is -2.03. The van der Waals surface area contributed by atoms with Crippen LogP contribution in [0, 0.1) is 0 Å². The van der Waals surface area contributed by atoms with E-state index in [-0.39, 0.29) is 0 Å². The van der Waals surface area contributed by atoms with Crippen molar-refractivity contribution >= 4 is 33.9 Å². The molecule has 8 heteroatoms. The van der Waals surface area contributed by atoms with E-state index < -0.39 is 0 Å². The summed E-state index contributed by atoms with van der Waals surface area (Å²) in [7, 11) is 1.65. The number of aromatic nitrogens is 2. The highest BCUT2D eigenvalue weighted by molar-refractivity contribution is 8.00. The molecule has 1 aliphatic rings. The van der Waals surface area contributed by atoms with Crippen LogP contribution in [0.5, 0.6) is 17.2 Å². The summed E-state index contributed by atoms with van der Waals surface area (Å²) >= 11 is 3.17. The minimum absolute atomic E-state index is 0.294. The van der Waals surface area contributed by atoms with E-state index in [2.05, 4.69) is 15.5 Å². The molecule has 0 fully saturated rings. The molecule has 1 aliphatic heterocycles. The quantitative estimate of drug-likeness (QED) is 0.646. The van der Waals surface area contributed by atoms with Crippen LogP contribution in [0.2, 0.25) is 0 Å². The Labute approximate surface area is 153 Å². The number of nitrogens with one attached hydrogen (secondary N) is 1. The third-order valence-electron chi connectivity index (χ3n) is 3.55. The molecule has 128 valence electrons. The summed E-state index contributed by atoms with van der Waals surface area (Å²) in [6, 6.07) is 13.7. The summed E-state index contributed by atoms with van der Waals surface area (Å²) in [4.78, 5) is 0. The third-order valence-corrected chi connectivity index (χ3v) is 5.59. The van der Waals surface area contributed by atoms with Gasteiger partial charge in [0.05, 0.1) is 7.11 Å². The molecule has 0 unspecified atom stereocenters. The Hall–Kier alpha value is -2.45. The van der Waals surface area contributed by atoms with Crippen molar-refractivity contribution in [3.05, 3.63) is 48.0 Å². The first-order valence-electron chi connectivity index (χ1n) is 7.56. The Morgan fingerprint density at radius 3 is 2.80 bits per heavy atom. The number of fused-ring (bicyclic) bond motifs is 1. The minimum atomic E-state index is 0.294. The number of benzene rings is 2. The highest BCUT2D eigenvalue weighted by Crippen LogP contribution is 2.35. The average Bonchev–Trinajstić information content (AvgIpc) is 3.29. The lowest BCUT2D eigenvalue weighted by molar-refractivity contribution is 0.174. The molecule has 0 spiro atoms. The Kier molecular flexibility index (Phi) is 4.62. The topological polar surface area (TPSA) is 65.5 Å². The SMILES string of the molecule is COc1ccc(Nc2nnc(SCc3ccc4c(c3)OCO4)s2)cc1. The molecule has 0 bridgehead atoms. The van der Waals surface area contributed by atoms with E-state index in [1.54, 1.807) is 18.9 Å².